The number of rotatable bonds is 2. The van der Waals surface area contributed by atoms with Crippen molar-refractivity contribution >= 4 is 0 Å². The number of benzene rings is 1. The Morgan fingerprint density at radius 1 is 1.25 bits per heavy atom. The second kappa shape index (κ2) is 3.39. The Hall–Kier alpha value is -1.22. The van der Waals surface area contributed by atoms with Gasteiger partial charge in [-0.3, -0.25) is 0 Å². The molecule has 0 amide bonds. The number of fused-ring (bicyclic) bond motifs is 1. The molecule has 0 radical (unpaired) electrons. The van der Waals surface area contributed by atoms with Crippen LogP contribution in [0.15, 0.2) is 12.1 Å². The summed E-state index contributed by atoms with van der Waals surface area (Å²) in [5, 5.41) is 0. The summed E-state index contributed by atoms with van der Waals surface area (Å²) in [5.74, 6) is 1.80. The smallest absolute Gasteiger partial charge is 0.164 e. The van der Waals surface area contributed by atoms with Gasteiger partial charge in [0, 0.05) is 12.0 Å². The third-order valence-corrected chi connectivity index (χ3v) is 3.77. The van der Waals surface area contributed by atoms with Gasteiger partial charge in [-0.05, 0) is 37.0 Å². The van der Waals surface area contributed by atoms with Gasteiger partial charge in [0.1, 0.15) is 13.2 Å². The highest BCUT2D eigenvalue weighted by molar-refractivity contribution is 5.54. The van der Waals surface area contributed by atoms with Gasteiger partial charge in [-0.15, -0.1) is 0 Å². The predicted octanol–water partition coefficient (Wildman–Crippen LogP) is 1.76. The van der Waals surface area contributed by atoms with Crippen LogP contribution in [0.25, 0.3) is 0 Å². The minimum absolute atomic E-state index is 0.222. The van der Waals surface area contributed by atoms with Gasteiger partial charge in [-0.1, -0.05) is 6.07 Å². The number of hydrogen-bond acceptors (Lipinski definition) is 3. The van der Waals surface area contributed by atoms with Crippen molar-refractivity contribution in [3.05, 3.63) is 23.3 Å². The number of ether oxygens (including phenoxy) is 2. The largest absolute Gasteiger partial charge is 0.486 e. The van der Waals surface area contributed by atoms with Crippen LogP contribution < -0.4 is 15.2 Å². The summed E-state index contributed by atoms with van der Waals surface area (Å²) in [6.45, 7) is 4.13. The number of hydrogen-bond donors (Lipinski definition) is 1. The lowest BCUT2D eigenvalue weighted by molar-refractivity contribution is 0.170. The van der Waals surface area contributed by atoms with Crippen molar-refractivity contribution in [2.45, 2.75) is 25.2 Å². The molecule has 1 aliphatic heterocycles. The van der Waals surface area contributed by atoms with Crippen molar-refractivity contribution in [1.82, 2.24) is 0 Å². The second-order valence-electron chi connectivity index (χ2n) is 4.75. The van der Waals surface area contributed by atoms with E-state index in [4.69, 9.17) is 15.2 Å². The van der Waals surface area contributed by atoms with Gasteiger partial charge >= 0.3 is 0 Å². The second-order valence-corrected chi connectivity index (χ2v) is 4.75. The minimum Gasteiger partial charge on any atom is -0.486 e. The summed E-state index contributed by atoms with van der Waals surface area (Å²) in [4.78, 5) is 0. The topological polar surface area (TPSA) is 44.5 Å². The highest BCUT2D eigenvalue weighted by Gasteiger charge is 2.44. The van der Waals surface area contributed by atoms with Crippen LogP contribution in [0.3, 0.4) is 0 Å². The molecule has 0 spiro atoms. The molecule has 1 aromatic carbocycles. The predicted molar refractivity (Wildman–Crippen MR) is 62.1 cm³/mol. The maximum absolute atomic E-state index is 5.87. The first kappa shape index (κ1) is 9.97. The van der Waals surface area contributed by atoms with Gasteiger partial charge in [-0.2, -0.15) is 0 Å². The molecular weight excluding hydrogens is 202 g/mol. The molecule has 3 heteroatoms. The highest BCUT2D eigenvalue weighted by atomic mass is 16.6. The summed E-state index contributed by atoms with van der Waals surface area (Å²) in [6, 6.07) is 4.18. The molecule has 1 fully saturated rings. The van der Waals surface area contributed by atoms with Crippen LogP contribution in [0, 0.1) is 6.92 Å². The molecule has 1 aromatic rings. The maximum atomic E-state index is 5.87. The molecule has 2 aliphatic rings. The fourth-order valence-corrected chi connectivity index (χ4v) is 2.56. The molecule has 3 rings (SSSR count). The Balaban J connectivity index is 2.07. The highest BCUT2D eigenvalue weighted by Crippen LogP contribution is 2.51. The molecule has 3 nitrogen and oxygen atoms in total. The van der Waals surface area contributed by atoms with E-state index in [2.05, 4.69) is 13.0 Å². The summed E-state index contributed by atoms with van der Waals surface area (Å²) < 4.78 is 11.3. The lowest BCUT2D eigenvalue weighted by Crippen LogP contribution is -2.22. The zero-order chi connectivity index (χ0) is 11.2. The fourth-order valence-electron chi connectivity index (χ4n) is 2.56. The summed E-state index contributed by atoms with van der Waals surface area (Å²) in [7, 11) is 0. The minimum atomic E-state index is 0.222. The van der Waals surface area contributed by atoms with Gasteiger partial charge in [0.15, 0.2) is 11.5 Å². The van der Waals surface area contributed by atoms with Gasteiger partial charge in [-0.25, -0.2) is 0 Å². The Bertz CT molecular complexity index is 424. The van der Waals surface area contributed by atoms with E-state index < -0.39 is 0 Å². The Morgan fingerprint density at radius 2 is 2.00 bits per heavy atom. The molecule has 2 N–H and O–H groups in total. The summed E-state index contributed by atoms with van der Waals surface area (Å²) >= 11 is 0. The van der Waals surface area contributed by atoms with Crippen molar-refractivity contribution in [2.24, 2.45) is 5.73 Å². The summed E-state index contributed by atoms with van der Waals surface area (Å²) in [5.41, 5.74) is 8.65. The Morgan fingerprint density at radius 3 is 2.69 bits per heavy atom. The van der Waals surface area contributed by atoms with Crippen molar-refractivity contribution in [1.29, 1.82) is 0 Å². The van der Waals surface area contributed by atoms with E-state index in [-0.39, 0.29) is 5.41 Å². The zero-order valence-electron chi connectivity index (χ0n) is 9.58. The van der Waals surface area contributed by atoms with E-state index in [0.29, 0.717) is 13.2 Å². The maximum Gasteiger partial charge on any atom is 0.164 e. The Labute approximate surface area is 95.5 Å². The van der Waals surface area contributed by atoms with Gasteiger partial charge < -0.3 is 15.2 Å². The van der Waals surface area contributed by atoms with Crippen LogP contribution in [0.1, 0.15) is 24.0 Å². The van der Waals surface area contributed by atoms with Crippen molar-refractivity contribution in [3.63, 3.8) is 0 Å². The van der Waals surface area contributed by atoms with Crippen molar-refractivity contribution in [3.8, 4) is 11.5 Å². The van der Waals surface area contributed by atoms with E-state index in [0.717, 1.165) is 18.0 Å². The van der Waals surface area contributed by atoms with Gasteiger partial charge in [0.05, 0.1) is 0 Å². The van der Waals surface area contributed by atoms with E-state index in [1.54, 1.807) is 0 Å². The molecule has 86 valence electrons. The molecule has 0 saturated heterocycles. The first-order valence-corrected chi connectivity index (χ1v) is 5.87. The Kier molecular flexibility index (Phi) is 2.11. The molecule has 1 saturated carbocycles. The average Bonchev–Trinajstić information content (AvgIpc) is 3.11. The number of nitrogens with two attached hydrogens (primary N) is 1. The molecule has 1 heterocycles. The van der Waals surface area contributed by atoms with Crippen molar-refractivity contribution in [2.75, 3.05) is 19.8 Å². The van der Waals surface area contributed by atoms with Crippen LogP contribution in [0.5, 0.6) is 11.5 Å². The molecule has 0 aromatic heterocycles. The monoisotopic (exact) mass is 219 g/mol. The van der Waals surface area contributed by atoms with Crippen molar-refractivity contribution < 1.29 is 9.47 Å². The third-order valence-electron chi connectivity index (χ3n) is 3.77. The quantitative estimate of drug-likeness (QED) is 0.824. The van der Waals surface area contributed by atoms with Crippen LogP contribution in [0.4, 0.5) is 0 Å². The van der Waals surface area contributed by atoms with Crippen LogP contribution >= 0.6 is 0 Å². The van der Waals surface area contributed by atoms with Crippen LogP contribution in [-0.2, 0) is 5.41 Å². The standard InChI is InChI=1S/C13H17NO2/c1-9-10(13(8-14)4-5-13)2-3-11-12(9)16-7-6-15-11/h2-3H,4-8,14H2,1H3. The molecule has 1 aliphatic carbocycles. The molecule has 0 atom stereocenters. The lowest BCUT2D eigenvalue weighted by Gasteiger charge is -2.24. The van der Waals surface area contributed by atoms with E-state index in [1.807, 2.05) is 6.07 Å². The fraction of sp³-hybridized carbons (Fsp3) is 0.538. The van der Waals surface area contributed by atoms with Crippen LogP contribution in [0.2, 0.25) is 0 Å². The first-order valence-electron chi connectivity index (χ1n) is 5.87. The first-order chi connectivity index (χ1) is 7.77. The SMILES string of the molecule is Cc1c(C2(CN)CC2)ccc2c1OCCO2. The lowest BCUT2D eigenvalue weighted by atomic mass is 9.91. The zero-order valence-corrected chi connectivity index (χ0v) is 9.58. The van der Waals surface area contributed by atoms with Gasteiger partial charge in [0.25, 0.3) is 0 Å². The normalized spacial score (nSPS) is 20.6. The van der Waals surface area contributed by atoms with E-state index in [9.17, 15) is 0 Å². The molecule has 0 bridgehead atoms. The van der Waals surface area contributed by atoms with E-state index in [1.165, 1.54) is 24.0 Å². The third kappa shape index (κ3) is 1.31. The summed E-state index contributed by atoms with van der Waals surface area (Å²) in [6.07, 6.45) is 2.40. The average molecular weight is 219 g/mol. The molecule has 16 heavy (non-hydrogen) atoms. The van der Waals surface area contributed by atoms with Crippen LogP contribution in [-0.4, -0.2) is 19.8 Å². The van der Waals surface area contributed by atoms with Gasteiger partial charge in [0.2, 0.25) is 0 Å². The van der Waals surface area contributed by atoms with E-state index >= 15 is 0 Å². The molecular formula is C13H17NO2. The molecule has 0 unspecified atom stereocenters.